The molecule has 16 heavy (non-hydrogen) atoms. The number of carbonyl (C=O) groups excluding carboxylic acids is 1. The highest BCUT2D eigenvalue weighted by Gasteiger charge is 2.39. The van der Waals surface area contributed by atoms with Crippen molar-refractivity contribution in [2.75, 3.05) is 13.2 Å². The maximum atomic E-state index is 10.7. The summed E-state index contributed by atoms with van der Waals surface area (Å²) >= 11 is 0. The molecule has 1 aliphatic heterocycles. The van der Waals surface area contributed by atoms with Crippen LogP contribution in [0.5, 0.6) is 0 Å². The van der Waals surface area contributed by atoms with Crippen LogP contribution in [0.4, 0.5) is 0 Å². The highest BCUT2D eigenvalue weighted by Crippen LogP contribution is 2.35. The Kier molecular flexibility index (Phi) is 2.30. The predicted molar refractivity (Wildman–Crippen MR) is 58.5 cm³/mol. The van der Waals surface area contributed by atoms with Crippen LogP contribution in [0.3, 0.4) is 0 Å². The van der Waals surface area contributed by atoms with E-state index < -0.39 is 0 Å². The lowest BCUT2D eigenvalue weighted by Crippen LogP contribution is -2.36. The second kappa shape index (κ2) is 3.68. The third-order valence-electron chi connectivity index (χ3n) is 3.41. The minimum Gasteiger partial charge on any atom is -0.347 e. The second-order valence-electron chi connectivity index (χ2n) is 4.43. The topological polar surface area (TPSA) is 35.5 Å². The number of aryl methyl sites for hydroxylation is 1. The predicted octanol–water partition coefficient (Wildman–Crippen LogP) is 1.73. The van der Waals surface area contributed by atoms with Gasteiger partial charge < -0.3 is 9.47 Å². The summed E-state index contributed by atoms with van der Waals surface area (Å²) in [5.74, 6) is -0.379. The van der Waals surface area contributed by atoms with Crippen LogP contribution in [0.2, 0.25) is 0 Å². The first-order valence-corrected chi connectivity index (χ1v) is 5.66. The standard InChI is InChI=1S/C13H14O3/c14-9-10-1-2-12-8-13(15-5-6-16-13)4-3-11(12)7-10/h1-2,7,9H,3-6,8H2. The molecule has 0 atom stereocenters. The van der Waals surface area contributed by atoms with Crippen molar-refractivity contribution in [1.82, 2.24) is 0 Å². The largest absolute Gasteiger partial charge is 0.347 e. The van der Waals surface area contributed by atoms with Crippen LogP contribution in [0.1, 0.15) is 27.9 Å². The zero-order valence-electron chi connectivity index (χ0n) is 9.07. The molecule has 1 saturated heterocycles. The molecule has 3 nitrogen and oxygen atoms in total. The molecule has 3 heteroatoms. The maximum Gasteiger partial charge on any atom is 0.172 e. The molecule has 0 unspecified atom stereocenters. The highest BCUT2D eigenvalue weighted by molar-refractivity contribution is 5.75. The zero-order chi connectivity index (χ0) is 11.0. The molecule has 1 heterocycles. The second-order valence-corrected chi connectivity index (χ2v) is 4.43. The van der Waals surface area contributed by atoms with Gasteiger partial charge in [0.15, 0.2) is 5.79 Å². The average Bonchev–Trinajstić information content (AvgIpc) is 2.77. The Balaban J connectivity index is 1.92. The quantitative estimate of drug-likeness (QED) is 0.673. The number of rotatable bonds is 1. The van der Waals surface area contributed by atoms with E-state index in [1.807, 2.05) is 18.2 Å². The van der Waals surface area contributed by atoms with E-state index >= 15 is 0 Å². The van der Waals surface area contributed by atoms with E-state index in [0.29, 0.717) is 13.2 Å². The van der Waals surface area contributed by atoms with E-state index in [9.17, 15) is 4.79 Å². The lowest BCUT2D eigenvalue weighted by atomic mass is 9.86. The average molecular weight is 218 g/mol. The molecule has 0 N–H and O–H groups in total. The van der Waals surface area contributed by atoms with E-state index in [4.69, 9.17) is 9.47 Å². The maximum absolute atomic E-state index is 10.7. The molecule has 0 saturated carbocycles. The molecule has 0 aromatic heterocycles. The van der Waals surface area contributed by atoms with Crippen molar-refractivity contribution in [1.29, 1.82) is 0 Å². The van der Waals surface area contributed by atoms with Crippen LogP contribution in [0.15, 0.2) is 18.2 Å². The first-order valence-electron chi connectivity index (χ1n) is 5.66. The van der Waals surface area contributed by atoms with E-state index in [2.05, 4.69) is 0 Å². The fourth-order valence-corrected chi connectivity index (χ4v) is 2.57. The molecular formula is C13H14O3. The van der Waals surface area contributed by atoms with Crippen molar-refractivity contribution < 1.29 is 14.3 Å². The van der Waals surface area contributed by atoms with Gasteiger partial charge in [0.1, 0.15) is 6.29 Å². The summed E-state index contributed by atoms with van der Waals surface area (Å²) in [4.78, 5) is 10.7. The van der Waals surface area contributed by atoms with Gasteiger partial charge in [0, 0.05) is 18.4 Å². The summed E-state index contributed by atoms with van der Waals surface area (Å²) in [6.07, 6.45) is 3.52. The van der Waals surface area contributed by atoms with Gasteiger partial charge in [-0.1, -0.05) is 12.1 Å². The fourth-order valence-electron chi connectivity index (χ4n) is 2.57. The SMILES string of the molecule is O=Cc1ccc2c(c1)CCC1(C2)OCCO1. The van der Waals surface area contributed by atoms with Crippen LogP contribution in [0.25, 0.3) is 0 Å². The molecule has 3 rings (SSSR count). The van der Waals surface area contributed by atoms with Gasteiger partial charge in [-0.2, -0.15) is 0 Å². The van der Waals surface area contributed by atoms with Crippen molar-refractivity contribution in [2.45, 2.75) is 25.0 Å². The number of ether oxygens (including phenoxy) is 2. The van der Waals surface area contributed by atoms with Crippen LogP contribution in [-0.4, -0.2) is 25.3 Å². The molecule has 1 spiro atoms. The number of benzene rings is 1. The van der Waals surface area contributed by atoms with E-state index in [0.717, 1.165) is 31.1 Å². The summed E-state index contributed by atoms with van der Waals surface area (Å²) in [5.41, 5.74) is 3.26. The van der Waals surface area contributed by atoms with E-state index in [-0.39, 0.29) is 5.79 Å². The number of carbonyl (C=O) groups is 1. The minimum atomic E-state index is -0.379. The van der Waals surface area contributed by atoms with Crippen molar-refractivity contribution in [3.05, 3.63) is 34.9 Å². The smallest absolute Gasteiger partial charge is 0.172 e. The van der Waals surface area contributed by atoms with Gasteiger partial charge in [-0.15, -0.1) is 0 Å². The fraction of sp³-hybridized carbons (Fsp3) is 0.462. The van der Waals surface area contributed by atoms with Crippen LogP contribution < -0.4 is 0 Å². The van der Waals surface area contributed by atoms with Crippen LogP contribution in [-0.2, 0) is 22.3 Å². The van der Waals surface area contributed by atoms with Gasteiger partial charge in [-0.25, -0.2) is 0 Å². The third-order valence-corrected chi connectivity index (χ3v) is 3.41. The molecule has 0 amide bonds. The Labute approximate surface area is 94.4 Å². The molecule has 0 radical (unpaired) electrons. The van der Waals surface area contributed by atoms with Gasteiger partial charge >= 0.3 is 0 Å². The molecule has 2 aliphatic rings. The minimum absolute atomic E-state index is 0.379. The Morgan fingerprint density at radius 1 is 1.19 bits per heavy atom. The molecule has 1 aromatic carbocycles. The Morgan fingerprint density at radius 2 is 2.00 bits per heavy atom. The Morgan fingerprint density at radius 3 is 2.75 bits per heavy atom. The van der Waals surface area contributed by atoms with Gasteiger partial charge in [-0.3, -0.25) is 4.79 Å². The zero-order valence-corrected chi connectivity index (χ0v) is 9.07. The number of hydrogen-bond donors (Lipinski definition) is 0. The first kappa shape index (κ1) is 10.00. The molecule has 1 fully saturated rings. The molecule has 84 valence electrons. The lowest BCUT2D eigenvalue weighted by molar-refractivity contribution is -0.163. The normalized spacial score (nSPS) is 22.0. The summed E-state index contributed by atoms with van der Waals surface area (Å²) < 4.78 is 11.4. The third kappa shape index (κ3) is 1.56. The molecular weight excluding hydrogens is 204 g/mol. The van der Waals surface area contributed by atoms with E-state index in [1.54, 1.807) is 0 Å². The lowest BCUT2D eigenvalue weighted by Gasteiger charge is -2.32. The highest BCUT2D eigenvalue weighted by atomic mass is 16.7. The molecule has 0 bridgehead atoms. The summed E-state index contributed by atoms with van der Waals surface area (Å²) in [7, 11) is 0. The Bertz CT molecular complexity index is 419. The Hall–Kier alpha value is -1.19. The van der Waals surface area contributed by atoms with Crippen molar-refractivity contribution in [3.8, 4) is 0 Å². The van der Waals surface area contributed by atoms with Gasteiger partial charge in [0.25, 0.3) is 0 Å². The number of hydrogen-bond acceptors (Lipinski definition) is 3. The first-order chi connectivity index (χ1) is 7.81. The van der Waals surface area contributed by atoms with Crippen molar-refractivity contribution >= 4 is 6.29 Å². The van der Waals surface area contributed by atoms with Crippen LogP contribution in [0, 0.1) is 0 Å². The summed E-state index contributed by atoms with van der Waals surface area (Å²) in [6, 6.07) is 5.86. The molecule has 1 aliphatic carbocycles. The van der Waals surface area contributed by atoms with Crippen molar-refractivity contribution in [2.24, 2.45) is 0 Å². The monoisotopic (exact) mass is 218 g/mol. The van der Waals surface area contributed by atoms with Gasteiger partial charge in [-0.05, 0) is 23.6 Å². The van der Waals surface area contributed by atoms with Crippen LogP contribution >= 0.6 is 0 Å². The van der Waals surface area contributed by atoms with Crippen molar-refractivity contribution in [3.63, 3.8) is 0 Å². The summed E-state index contributed by atoms with van der Waals surface area (Å²) in [5, 5.41) is 0. The summed E-state index contributed by atoms with van der Waals surface area (Å²) in [6.45, 7) is 1.39. The number of aldehydes is 1. The van der Waals surface area contributed by atoms with Gasteiger partial charge in [0.05, 0.1) is 13.2 Å². The van der Waals surface area contributed by atoms with E-state index in [1.165, 1.54) is 11.1 Å². The molecule has 1 aromatic rings. The van der Waals surface area contributed by atoms with Gasteiger partial charge in [0.2, 0.25) is 0 Å². The number of fused-ring (bicyclic) bond motifs is 1.